The first kappa shape index (κ1) is 22.4. The third-order valence-corrected chi connectivity index (χ3v) is 5.29. The monoisotopic (exact) mass is 408 g/mol. The Kier molecular flexibility index (Phi) is 8.51. The van der Waals surface area contributed by atoms with Crippen LogP contribution in [0.1, 0.15) is 72.9 Å². The predicted octanol–water partition coefficient (Wildman–Crippen LogP) is 7.31. The molecule has 0 bridgehead atoms. The van der Waals surface area contributed by atoms with Crippen LogP contribution in [0.3, 0.4) is 0 Å². The molecule has 3 aromatic carbocycles. The van der Waals surface area contributed by atoms with Crippen molar-refractivity contribution in [1.82, 2.24) is 0 Å². The van der Waals surface area contributed by atoms with E-state index in [1.54, 1.807) is 6.07 Å². The van der Waals surface area contributed by atoms with Crippen molar-refractivity contribution in [3.63, 3.8) is 0 Å². The third-order valence-electron chi connectivity index (χ3n) is 5.29. The Labute approximate surface area is 186 Å². The highest BCUT2D eigenvalue weighted by molar-refractivity contribution is 5.48. The zero-order valence-corrected chi connectivity index (χ0v) is 18.5. The molecular formula is C30H29F. The van der Waals surface area contributed by atoms with E-state index in [0.717, 1.165) is 28.7 Å². The largest absolute Gasteiger partial charge is 0.207 e. The number of unbranched alkanes of at least 4 members (excludes halogenated alkanes) is 3. The molecule has 0 saturated carbocycles. The summed E-state index contributed by atoms with van der Waals surface area (Å²) in [6, 6.07) is 21.6. The Balaban J connectivity index is 1.59. The Bertz CT molecular complexity index is 1100. The van der Waals surface area contributed by atoms with E-state index in [-0.39, 0.29) is 5.82 Å². The number of benzene rings is 3. The van der Waals surface area contributed by atoms with Crippen LogP contribution in [0, 0.1) is 29.5 Å². The lowest BCUT2D eigenvalue weighted by molar-refractivity contribution is 0.612. The normalized spacial score (nSPS) is 10.0. The molecule has 0 atom stereocenters. The molecule has 0 fully saturated rings. The first-order valence-corrected chi connectivity index (χ1v) is 11.2. The third kappa shape index (κ3) is 7.16. The Morgan fingerprint density at radius 2 is 1.13 bits per heavy atom. The lowest BCUT2D eigenvalue weighted by atomic mass is 10.0. The van der Waals surface area contributed by atoms with Crippen LogP contribution in [-0.2, 0) is 12.8 Å². The van der Waals surface area contributed by atoms with Crippen molar-refractivity contribution in [2.24, 2.45) is 0 Å². The van der Waals surface area contributed by atoms with Gasteiger partial charge in [0.1, 0.15) is 5.82 Å². The first-order valence-electron chi connectivity index (χ1n) is 11.2. The van der Waals surface area contributed by atoms with Crippen LogP contribution in [0.5, 0.6) is 0 Å². The number of hydrogen-bond donors (Lipinski definition) is 0. The number of halogens is 1. The molecule has 0 aliphatic carbocycles. The molecule has 0 aliphatic rings. The molecule has 0 aromatic heterocycles. The topological polar surface area (TPSA) is 0 Å². The molecule has 0 radical (unpaired) electrons. The molecule has 31 heavy (non-hydrogen) atoms. The molecule has 0 unspecified atom stereocenters. The average Bonchev–Trinajstić information content (AvgIpc) is 2.81. The number of rotatable bonds is 6. The van der Waals surface area contributed by atoms with Crippen molar-refractivity contribution < 1.29 is 4.39 Å². The SMILES string of the molecule is CCCCCCc1ccc(C#Cc2ccc(C#Cc3ccc(CC)c(F)c3)cc2)cc1. The molecule has 0 amide bonds. The molecule has 0 saturated heterocycles. The van der Waals surface area contributed by atoms with Gasteiger partial charge in [-0.25, -0.2) is 4.39 Å². The first-order chi connectivity index (χ1) is 15.2. The molecular weight excluding hydrogens is 379 g/mol. The van der Waals surface area contributed by atoms with E-state index >= 15 is 0 Å². The van der Waals surface area contributed by atoms with Gasteiger partial charge in [-0.2, -0.15) is 0 Å². The summed E-state index contributed by atoms with van der Waals surface area (Å²) in [7, 11) is 0. The molecule has 1 heteroatoms. The van der Waals surface area contributed by atoms with Gasteiger partial charge in [0.15, 0.2) is 0 Å². The average molecular weight is 409 g/mol. The Morgan fingerprint density at radius 1 is 0.613 bits per heavy atom. The van der Waals surface area contributed by atoms with Crippen molar-refractivity contribution in [3.05, 3.63) is 106 Å². The smallest absolute Gasteiger partial charge is 0.127 e. The van der Waals surface area contributed by atoms with Crippen LogP contribution in [0.15, 0.2) is 66.7 Å². The van der Waals surface area contributed by atoms with Gasteiger partial charge in [-0.3, -0.25) is 0 Å². The van der Waals surface area contributed by atoms with Crippen LogP contribution in [0.2, 0.25) is 0 Å². The lowest BCUT2D eigenvalue weighted by Gasteiger charge is -2.01. The van der Waals surface area contributed by atoms with E-state index in [1.165, 1.54) is 37.3 Å². The van der Waals surface area contributed by atoms with Crippen molar-refractivity contribution in [1.29, 1.82) is 0 Å². The van der Waals surface area contributed by atoms with Gasteiger partial charge in [-0.1, -0.05) is 75.0 Å². The molecule has 3 rings (SSSR count). The summed E-state index contributed by atoms with van der Waals surface area (Å²) >= 11 is 0. The zero-order chi connectivity index (χ0) is 21.9. The highest BCUT2D eigenvalue weighted by Gasteiger charge is 1.99. The van der Waals surface area contributed by atoms with E-state index in [0.29, 0.717) is 12.0 Å². The van der Waals surface area contributed by atoms with Gasteiger partial charge in [0.2, 0.25) is 0 Å². The molecule has 0 heterocycles. The highest BCUT2D eigenvalue weighted by atomic mass is 19.1. The number of aryl methyl sites for hydroxylation is 2. The molecule has 3 aromatic rings. The van der Waals surface area contributed by atoms with Crippen LogP contribution < -0.4 is 0 Å². The maximum Gasteiger partial charge on any atom is 0.127 e. The maximum atomic E-state index is 13.9. The van der Waals surface area contributed by atoms with E-state index < -0.39 is 0 Å². The van der Waals surface area contributed by atoms with Crippen molar-refractivity contribution in [2.45, 2.75) is 52.4 Å². The van der Waals surface area contributed by atoms with Crippen molar-refractivity contribution in [2.75, 3.05) is 0 Å². The second-order valence-corrected chi connectivity index (χ2v) is 7.74. The van der Waals surface area contributed by atoms with Crippen LogP contribution in [0.4, 0.5) is 4.39 Å². The van der Waals surface area contributed by atoms with E-state index in [1.807, 2.05) is 37.3 Å². The quantitative estimate of drug-likeness (QED) is 0.296. The van der Waals surface area contributed by atoms with Gasteiger partial charge in [0, 0.05) is 22.3 Å². The van der Waals surface area contributed by atoms with Gasteiger partial charge in [0.05, 0.1) is 0 Å². The summed E-state index contributed by atoms with van der Waals surface area (Å²) in [4.78, 5) is 0. The Hall–Kier alpha value is -3.29. The second-order valence-electron chi connectivity index (χ2n) is 7.74. The molecule has 156 valence electrons. The summed E-state index contributed by atoms with van der Waals surface area (Å²) in [6.45, 7) is 4.18. The standard InChI is InChI=1S/C30H29F/c1-3-5-6-7-8-24-9-11-25(12-10-24)13-14-26-15-17-27(18-16-26)19-20-28-21-22-29(4-2)30(31)23-28/h9-12,15-18,21-23H,3-8H2,1-2H3. The predicted molar refractivity (Wildman–Crippen MR) is 128 cm³/mol. The van der Waals surface area contributed by atoms with E-state index in [9.17, 15) is 4.39 Å². The number of hydrogen-bond acceptors (Lipinski definition) is 0. The maximum absolute atomic E-state index is 13.9. The minimum atomic E-state index is -0.190. The zero-order valence-electron chi connectivity index (χ0n) is 18.5. The molecule has 0 aliphatic heterocycles. The fraction of sp³-hybridized carbons (Fsp3) is 0.267. The van der Waals surface area contributed by atoms with Crippen LogP contribution in [0.25, 0.3) is 0 Å². The van der Waals surface area contributed by atoms with Gasteiger partial charge >= 0.3 is 0 Å². The lowest BCUT2D eigenvalue weighted by Crippen LogP contribution is -1.88. The van der Waals surface area contributed by atoms with Gasteiger partial charge in [-0.05, 0) is 78.9 Å². The van der Waals surface area contributed by atoms with Crippen molar-refractivity contribution in [3.8, 4) is 23.7 Å². The minimum Gasteiger partial charge on any atom is -0.207 e. The van der Waals surface area contributed by atoms with Gasteiger partial charge in [-0.15, -0.1) is 0 Å². The summed E-state index contributed by atoms with van der Waals surface area (Å²) in [6.07, 6.45) is 6.98. The second kappa shape index (κ2) is 11.8. The van der Waals surface area contributed by atoms with Crippen LogP contribution >= 0.6 is 0 Å². The Morgan fingerprint density at radius 3 is 1.65 bits per heavy atom. The molecule has 0 spiro atoms. The molecule has 0 N–H and O–H groups in total. The summed E-state index contributed by atoms with van der Waals surface area (Å²) < 4.78 is 13.9. The highest BCUT2D eigenvalue weighted by Crippen LogP contribution is 2.11. The van der Waals surface area contributed by atoms with Crippen LogP contribution in [-0.4, -0.2) is 0 Å². The molecule has 0 nitrogen and oxygen atoms in total. The minimum absolute atomic E-state index is 0.190. The summed E-state index contributed by atoms with van der Waals surface area (Å²) in [5.41, 5.74) is 5.65. The van der Waals surface area contributed by atoms with E-state index in [2.05, 4.69) is 54.9 Å². The summed E-state index contributed by atoms with van der Waals surface area (Å²) in [5.74, 6) is 12.4. The fourth-order valence-corrected chi connectivity index (χ4v) is 3.35. The van der Waals surface area contributed by atoms with E-state index in [4.69, 9.17) is 0 Å². The fourth-order valence-electron chi connectivity index (χ4n) is 3.35. The summed E-state index contributed by atoms with van der Waals surface area (Å²) in [5, 5.41) is 0. The van der Waals surface area contributed by atoms with Gasteiger partial charge < -0.3 is 0 Å². The van der Waals surface area contributed by atoms with Gasteiger partial charge in [0.25, 0.3) is 0 Å². The van der Waals surface area contributed by atoms with Crippen molar-refractivity contribution >= 4 is 0 Å².